The summed E-state index contributed by atoms with van der Waals surface area (Å²) in [5, 5.41) is 3.17. The summed E-state index contributed by atoms with van der Waals surface area (Å²) < 4.78 is 0.898. The van der Waals surface area contributed by atoms with Crippen LogP contribution < -0.4 is 11.1 Å². The lowest BCUT2D eigenvalue weighted by molar-refractivity contribution is 0.874. The van der Waals surface area contributed by atoms with E-state index in [0.717, 1.165) is 40.1 Å². The van der Waals surface area contributed by atoms with Gasteiger partial charge in [0.1, 0.15) is 0 Å². The van der Waals surface area contributed by atoms with Crippen LogP contribution in [0.2, 0.25) is 0 Å². The largest absolute Gasteiger partial charge is 0.399 e. The van der Waals surface area contributed by atoms with Gasteiger partial charge in [-0.25, -0.2) is 15.0 Å². The molecule has 0 amide bonds. The Balaban J connectivity index is 1.72. The van der Waals surface area contributed by atoms with Crippen molar-refractivity contribution in [1.82, 2.24) is 19.9 Å². The number of nitrogens with zero attached hydrogens (tertiary/aromatic N) is 3. The van der Waals surface area contributed by atoms with Crippen LogP contribution in [0.25, 0.3) is 0 Å². The SMILES string of the molecule is Nc1ccc(Nc2ncc(Br)c(CCc3cnc[nH]3)n2)cc1. The van der Waals surface area contributed by atoms with Gasteiger partial charge in [0.15, 0.2) is 0 Å². The molecule has 0 atom stereocenters. The number of aromatic amines is 1. The number of imidazole rings is 1. The van der Waals surface area contributed by atoms with Gasteiger partial charge in [0.05, 0.1) is 16.5 Å². The number of nitrogen functional groups attached to an aromatic ring is 1. The van der Waals surface area contributed by atoms with Crippen molar-refractivity contribution >= 4 is 33.3 Å². The Morgan fingerprint density at radius 2 is 1.95 bits per heavy atom. The molecule has 2 aromatic heterocycles. The van der Waals surface area contributed by atoms with E-state index in [0.29, 0.717) is 5.95 Å². The van der Waals surface area contributed by atoms with Crippen LogP contribution in [0.5, 0.6) is 0 Å². The van der Waals surface area contributed by atoms with E-state index >= 15 is 0 Å². The Labute approximate surface area is 136 Å². The normalized spacial score (nSPS) is 10.6. The predicted molar refractivity (Wildman–Crippen MR) is 89.9 cm³/mol. The molecular weight excluding hydrogens is 344 g/mol. The van der Waals surface area contributed by atoms with Crippen LogP contribution in [0.15, 0.2) is 47.5 Å². The molecule has 0 aliphatic carbocycles. The minimum absolute atomic E-state index is 0.563. The fourth-order valence-electron chi connectivity index (χ4n) is 2.01. The zero-order valence-corrected chi connectivity index (χ0v) is 13.3. The zero-order chi connectivity index (χ0) is 15.4. The summed E-state index contributed by atoms with van der Waals surface area (Å²) in [4.78, 5) is 15.9. The lowest BCUT2D eigenvalue weighted by atomic mass is 10.2. The first-order valence-electron chi connectivity index (χ1n) is 6.82. The Kier molecular flexibility index (Phi) is 4.34. The van der Waals surface area contributed by atoms with Crippen molar-refractivity contribution in [2.24, 2.45) is 0 Å². The number of halogens is 1. The fourth-order valence-corrected chi connectivity index (χ4v) is 2.40. The molecule has 22 heavy (non-hydrogen) atoms. The fraction of sp³-hybridized carbons (Fsp3) is 0.133. The molecule has 0 saturated heterocycles. The van der Waals surface area contributed by atoms with Crippen molar-refractivity contribution in [3.05, 3.63) is 58.8 Å². The molecule has 4 N–H and O–H groups in total. The quantitative estimate of drug-likeness (QED) is 0.609. The maximum Gasteiger partial charge on any atom is 0.227 e. The number of rotatable bonds is 5. The summed E-state index contributed by atoms with van der Waals surface area (Å²) in [7, 11) is 0. The average Bonchev–Trinajstić information content (AvgIpc) is 3.03. The third kappa shape index (κ3) is 3.62. The summed E-state index contributed by atoms with van der Waals surface area (Å²) in [6, 6.07) is 7.46. The van der Waals surface area contributed by atoms with E-state index in [2.05, 4.69) is 41.2 Å². The summed E-state index contributed by atoms with van der Waals surface area (Å²) in [5.74, 6) is 0.563. The van der Waals surface area contributed by atoms with Crippen LogP contribution in [-0.4, -0.2) is 19.9 Å². The Morgan fingerprint density at radius 3 is 2.68 bits per heavy atom. The maximum atomic E-state index is 5.68. The molecule has 0 bridgehead atoms. The minimum atomic E-state index is 0.563. The number of aryl methyl sites for hydroxylation is 2. The molecule has 0 aliphatic heterocycles. The predicted octanol–water partition coefficient (Wildman–Crippen LogP) is 3.07. The van der Waals surface area contributed by atoms with E-state index in [1.165, 1.54) is 0 Å². The van der Waals surface area contributed by atoms with Crippen LogP contribution >= 0.6 is 15.9 Å². The second kappa shape index (κ2) is 6.57. The lowest BCUT2D eigenvalue weighted by Crippen LogP contribution is -2.02. The monoisotopic (exact) mass is 358 g/mol. The number of aromatic nitrogens is 4. The van der Waals surface area contributed by atoms with Crippen LogP contribution in [-0.2, 0) is 12.8 Å². The van der Waals surface area contributed by atoms with E-state index in [1.807, 2.05) is 30.5 Å². The number of benzene rings is 1. The molecule has 7 heteroatoms. The van der Waals surface area contributed by atoms with Crippen molar-refractivity contribution in [2.45, 2.75) is 12.8 Å². The van der Waals surface area contributed by atoms with E-state index in [9.17, 15) is 0 Å². The molecule has 2 heterocycles. The first kappa shape index (κ1) is 14.5. The molecule has 0 fully saturated rings. The molecule has 3 aromatic rings. The summed E-state index contributed by atoms with van der Waals surface area (Å²) in [5.41, 5.74) is 9.33. The van der Waals surface area contributed by atoms with Gasteiger partial charge in [-0.05, 0) is 53.0 Å². The van der Waals surface area contributed by atoms with Gasteiger partial charge in [-0.2, -0.15) is 0 Å². The third-order valence-corrected chi connectivity index (χ3v) is 3.83. The van der Waals surface area contributed by atoms with Crippen molar-refractivity contribution in [3.8, 4) is 0 Å². The van der Waals surface area contributed by atoms with Crippen molar-refractivity contribution in [2.75, 3.05) is 11.1 Å². The van der Waals surface area contributed by atoms with Gasteiger partial charge >= 0.3 is 0 Å². The van der Waals surface area contributed by atoms with Crippen LogP contribution in [0, 0.1) is 0 Å². The molecule has 0 radical (unpaired) electrons. The standard InChI is InChI=1S/C15H15BrN6/c16-13-8-19-15(21-11-3-1-10(17)2-4-11)22-14(13)6-5-12-7-18-9-20-12/h1-4,7-9H,5-6,17H2,(H,18,20)(H,19,21,22). The average molecular weight is 359 g/mol. The summed E-state index contributed by atoms with van der Waals surface area (Å²) >= 11 is 3.49. The number of H-pyrrole nitrogens is 1. The molecule has 0 unspecified atom stereocenters. The van der Waals surface area contributed by atoms with Crippen LogP contribution in [0.3, 0.4) is 0 Å². The van der Waals surface area contributed by atoms with Crippen LogP contribution in [0.4, 0.5) is 17.3 Å². The van der Waals surface area contributed by atoms with Gasteiger partial charge in [0.2, 0.25) is 5.95 Å². The minimum Gasteiger partial charge on any atom is -0.399 e. The molecule has 6 nitrogen and oxygen atoms in total. The van der Waals surface area contributed by atoms with E-state index in [1.54, 1.807) is 12.5 Å². The first-order chi connectivity index (χ1) is 10.7. The van der Waals surface area contributed by atoms with Crippen LogP contribution in [0.1, 0.15) is 11.4 Å². The highest BCUT2D eigenvalue weighted by Crippen LogP contribution is 2.20. The molecule has 0 saturated carbocycles. The number of nitrogens with one attached hydrogen (secondary N) is 2. The Morgan fingerprint density at radius 1 is 1.14 bits per heavy atom. The number of anilines is 3. The Bertz CT molecular complexity index is 739. The van der Waals surface area contributed by atoms with Gasteiger partial charge in [-0.15, -0.1) is 0 Å². The maximum absolute atomic E-state index is 5.68. The molecule has 112 valence electrons. The number of nitrogens with two attached hydrogens (primary N) is 1. The van der Waals surface area contributed by atoms with Crippen molar-refractivity contribution in [3.63, 3.8) is 0 Å². The van der Waals surface area contributed by atoms with E-state index in [4.69, 9.17) is 5.73 Å². The van der Waals surface area contributed by atoms with Crippen molar-refractivity contribution < 1.29 is 0 Å². The highest BCUT2D eigenvalue weighted by Gasteiger charge is 2.07. The molecular formula is C15H15BrN6. The van der Waals surface area contributed by atoms with Gasteiger partial charge in [-0.1, -0.05) is 0 Å². The van der Waals surface area contributed by atoms with Crippen molar-refractivity contribution in [1.29, 1.82) is 0 Å². The summed E-state index contributed by atoms with van der Waals surface area (Å²) in [6.07, 6.45) is 6.90. The second-order valence-electron chi connectivity index (χ2n) is 4.81. The highest BCUT2D eigenvalue weighted by atomic mass is 79.9. The van der Waals surface area contributed by atoms with Gasteiger partial charge < -0.3 is 16.0 Å². The smallest absolute Gasteiger partial charge is 0.227 e. The topological polar surface area (TPSA) is 92.5 Å². The Hall–Kier alpha value is -2.41. The zero-order valence-electron chi connectivity index (χ0n) is 11.8. The molecule has 3 rings (SSSR count). The van der Waals surface area contributed by atoms with E-state index in [-0.39, 0.29) is 0 Å². The van der Waals surface area contributed by atoms with E-state index < -0.39 is 0 Å². The second-order valence-corrected chi connectivity index (χ2v) is 5.67. The first-order valence-corrected chi connectivity index (χ1v) is 7.61. The number of hydrogen-bond donors (Lipinski definition) is 3. The van der Waals surface area contributed by atoms with Gasteiger partial charge in [0, 0.05) is 29.5 Å². The summed E-state index contributed by atoms with van der Waals surface area (Å²) in [6.45, 7) is 0. The molecule has 0 aliphatic rings. The molecule has 1 aromatic carbocycles. The third-order valence-electron chi connectivity index (χ3n) is 3.17. The van der Waals surface area contributed by atoms with Gasteiger partial charge in [-0.3, -0.25) is 0 Å². The number of hydrogen-bond acceptors (Lipinski definition) is 5. The lowest BCUT2D eigenvalue weighted by Gasteiger charge is -2.08. The molecule has 0 spiro atoms. The highest BCUT2D eigenvalue weighted by molar-refractivity contribution is 9.10. The van der Waals surface area contributed by atoms with Gasteiger partial charge in [0.25, 0.3) is 0 Å².